The van der Waals surface area contributed by atoms with Gasteiger partial charge in [-0.05, 0) is 18.2 Å². The van der Waals surface area contributed by atoms with Crippen LogP contribution in [-0.2, 0) is 10.0 Å². The predicted octanol–water partition coefficient (Wildman–Crippen LogP) is 0.917. The highest BCUT2D eigenvalue weighted by atomic mass is 32.2. The summed E-state index contributed by atoms with van der Waals surface area (Å²) >= 11 is 0. The van der Waals surface area contributed by atoms with Gasteiger partial charge < -0.3 is 10.5 Å². The molecule has 4 N–H and O–H groups in total. The van der Waals surface area contributed by atoms with Gasteiger partial charge in [-0.25, -0.2) is 13.1 Å². The average molecular weight is 293 g/mol. The van der Waals surface area contributed by atoms with E-state index in [0.29, 0.717) is 11.4 Å². The summed E-state index contributed by atoms with van der Waals surface area (Å²) in [6, 6.07) is 15.9. The van der Waals surface area contributed by atoms with Crippen LogP contribution >= 0.6 is 0 Å². The van der Waals surface area contributed by atoms with Crippen molar-refractivity contribution in [3.05, 3.63) is 54.6 Å². The molecule has 0 aliphatic carbocycles. The summed E-state index contributed by atoms with van der Waals surface area (Å²) in [5.74, 6) is 0.712. The summed E-state index contributed by atoms with van der Waals surface area (Å²) in [5, 5.41) is 0. The van der Waals surface area contributed by atoms with Gasteiger partial charge in [-0.15, -0.1) is 0 Å². The molecule has 0 heterocycles. The fourth-order valence-electron chi connectivity index (χ4n) is 1.71. The molecule has 0 unspecified atom stereocenters. The van der Waals surface area contributed by atoms with Crippen LogP contribution in [0, 0.1) is 0 Å². The molecular formula is C14H17N2O3S+. The standard InChI is InChI=1S/C14H16N2O3S/c15-13-8-4-5-9-14(13)20(17,18)16-10-11-19-12-6-2-1-3-7-12/h1-9,16H,10-11,15H2/p+1. The summed E-state index contributed by atoms with van der Waals surface area (Å²) in [4.78, 5) is 0.194. The van der Waals surface area contributed by atoms with E-state index >= 15 is 0 Å². The van der Waals surface area contributed by atoms with Crippen LogP contribution < -0.4 is 15.2 Å². The van der Waals surface area contributed by atoms with Crippen LogP contribution in [0.1, 0.15) is 0 Å². The molecule has 0 saturated carbocycles. The van der Waals surface area contributed by atoms with Gasteiger partial charge in [-0.3, -0.25) is 0 Å². The molecule has 20 heavy (non-hydrogen) atoms. The number of benzene rings is 2. The van der Waals surface area contributed by atoms with Gasteiger partial charge >= 0.3 is 0 Å². The van der Waals surface area contributed by atoms with Crippen molar-refractivity contribution in [3.63, 3.8) is 0 Å². The average Bonchev–Trinajstić information content (AvgIpc) is 2.45. The molecule has 0 aliphatic heterocycles. The third-order valence-corrected chi connectivity index (χ3v) is 4.23. The Morgan fingerprint density at radius 2 is 1.65 bits per heavy atom. The van der Waals surface area contributed by atoms with Gasteiger partial charge in [0.05, 0.1) is 0 Å². The number of sulfonamides is 1. The van der Waals surface area contributed by atoms with E-state index in [2.05, 4.69) is 10.5 Å². The number of rotatable bonds is 6. The molecule has 0 aliphatic rings. The molecule has 0 fully saturated rings. The van der Waals surface area contributed by atoms with Gasteiger partial charge in [0.15, 0.2) is 0 Å². The minimum atomic E-state index is -3.54. The maximum absolute atomic E-state index is 12.1. The van der Waals surface area contributed by atoms with Crippen molar-refractivity contribution >= 4 is 15.7 Å². The summed E-state index contributed by atoms with van der Waals surface area (Å²) in [6.07, 6.45) is 0. The quantitative estimate of drug-likeness (QED) is 0.777. The predicted molar refractivity (Wildman–Crippen MR) is 76.1 cm³/mol. The fraction of sp³-hybridized carbons (Fsp3) is 0.143. The van der Waals surface area contributed by atoms with Gasteiger partial charge in [0, 0.05) is 12.6 Å². The molecule has 0 radical (unpaired) electrons. The molecule has 0 aromatic heterocycles. The first kappa shape index (κ1) is 14.5. The first-order chi connectivity index (χ1) is 9.59. The van der Waals surface area contributed by atoms with Crippen molar-refractivity contribution in [2.24, 2.45) is 0 Å². The number of hydrogen-bond acceptors (Lipinski definition) is 3. The zero-order valence-corrected chi connectivity index (χ0v) is 11.8. The summed E-state index contributed by atoms with van der Waals surface area (Å²) in [6.45, 7) is 0.466. The van der Waals surface area contributed by atoms with Crippen LogP contribution in [0.3, 0.4) is 0 Å². The maximum Gasteiger partial charge on any atom is 0.246 e. The molecule has 6 heteroatoms. The van der Waals surface area contributed by atoms with Crippen molar-refractivity contribution in [3.8, 4) is 5.75 Å². The molecule has 2 aromatic rings. The van der Waals surface area contributed by atoms with Crippen LogP contribution in [0.5, 0.6) is 5.75 Å². The maximum atomic E-state index is 12.1. The number of quaternary nitrogens is 1. The molecule has 0 bridgehead atoms. The number of nitrogens with one attached hydrogen (secondary N) is 1. The van der Waals surface area contributed by atoms with Gasteiger partial charge in [0.25, 0.3) is 0 Å². The smallest absolute Gasteiger partial charge is 0.246 e. The third kappa shape index (κ3) is 3.80. The van der Waals surface area contributed by atoms with E-state index in [1.165, 1.54) is 6.07 Å². The normalized spacial score (nSPS) is 11.2. The molecule has 2 rings (SSSR count). The lowest BCUT2D eigenvalue weighted by molar-refractivity contribution is -0.258. The van der Waals surface area contributed by atoms with E-state index in [-0.39, 0.29) is 18.0 Å². The van der Waals surface area contributed by atoms with E-state index in [1.54, 1.807) is 18.2 Å². The topological polar surface area (TPSA) is 83.0 Å². The van der Waals surface area contributed by atoms with Crippen LogP contribution in [0.2, 0.25) is 0 Å². The van der Waals surface area contributed by atoms with E-state index in [9.17, 15) is 8.42 Å². The van der Waals surface area contributed by atoms with Crippen molar-refractivity contribution in [1.29, 1.82) is 0 Å². The molecule has 0 atom stereocenters. The minimum Gasteiger partial charge on any atom is -0.492 e. The third-order valence-electron chi connectivity index (χ3n) is 2.67. The highest BCUT2D eigenvalue weighted by Crippen LogP contribution is 2.15. The summed E-state index contributed by atoms with van der Waals surface area (Å²) in [7, 11) is -3.54. The van der Waals surface area contributed by atoms with E-state index < -0.39 is 10.0 Å². The number of para-hydroxylation sites is 1. The summed E-state index contributed by atoms with van der Waals surface area (Å²) < 4.78 is 32.0. The lowest BCUT2D eigenvalue weighted by atomic mass is 10.3. The molecular weight excluding hydrogens is 276 g/mol. The molecule has 2 aromatic carbocycles. The van der Waals surface area contributed by atoms with Gasteiger partial charge in [-0.1, -0.05) is 30.3 Å². The van der Waals surface area contributed by atoms with Crippen molar-refractivity contribution in [2.75, 3.05) is 13.2 Å². The summed E-state index contributed by atoms with van der Waals surface area (Å²) in [5.41, 5.74) is 4.19. The Bertz CT molecular complexity index is 657. The van der Waals surface area contributed by atoms with Crippen LogP contribution in [0.4, 0.5) is 5.69 Å². The van der Waals surface area contributed by atoms with Crippen LogP contribution in [0.15, 0.2) is 59.5 Å². The fourth-order valence-corrected chi connectivity index (χ4v) is 2.88. The minimum absolute atomic E-state index is 0.194. The second-order valence-corrected chi connectivity index (χ2v) is 5.90. The first-order valence-corrected chi connectivity index (χ1v) is 7.66. The number of ether oxygens (including phenoxy) is 1. The van der Waals surface area contributed by atoms with Gasteiger partial charge in [0.1, 0.15) is 22.9 Å². The largest absolute Gasteiger partial charge is 0.492 e. The second kappa shape index (κ2) is 6.51. The molecule has 0 saturated heterocycles. The monoisotopic (exact) mass is 293 g/mol. The van der Waals surface area contributed by atoms with Crippen molar-refractivity contribution < 1.29 is 18.9 Å². The second-order valence-electron chi connectivity index (χ2n) is 4.17. The van der Waals surface area contributed by atoms with Gasteiger partial charge in [-0.2, -0.15) is 0 Å². The highest BCUT2D eigenvalue weighted by molar-refractivity contribution is 7.89. The zero-order valence-electron chi connectivity index (χ0n) is 11.0. The number of hydrogen-bond donors (Lipinski definition) is 2. The Labute approximate surface area is 118 Å². The zero-order chi connectivity index (χ0) is 14.4. The Kier molecular flexibility index (Phi) is 4.73. The molecule has 106 valence electrons. The Morgan fingerprint density at radius 3 is 2.35 bits per heavy atom. The van der Waals surface area contributed by atoms with Gasteiger partial charge in [0.2, 0.25) is 10.0 Å². The Balaban J connectivity index is 1.89. The van der Waals surface area contributed by atoms with Crippen molar-refractivity contribution in [2.45, 2.75) is 4.90 Å². The van der Waals surface area contributed by atoms with Crippen molar-refractivity contribution in [1.82, 2.24) is 4.72 Å². The molecule has 5 nitrogen and oxygen atoms in total. The van der Waals surface area contributed by atoms with E-state index in [0.717, 1.165) is 0 Å². The first-order valence-electron chi connectivity index (χ1n) is 6.18. The Morgan fingerprint density at radius 1 is 1.00 bits per heavy atom. The van der Waals surface area contributed by atoms with Crippen LogP contribution in [0.25, 0.3) is 0 Å². The highest BCUT2D eigenvalue weighted by Gasteiger charge is 2.18. The van der Waals surface area contributed by atoms with Crippen LogP contribution in [-0.4, -0.2) is 21.6 Å². The molecule has 0 spiro atoms. The SMILES string of the molecule is [NH3+]c1ccccc1S(=O)(=O)NCCOc1ccccc1. The van der Waals surface area contributed by atoms with E-state index in [1.807, 2.05) is 30.3 Å². The Hall–Kier alpha value is -1.89. The lowest BCUT2D eigenvalue weighted by Gasteiger charge is -2.08. The van der Waals surface area contributed by atoms with E-state index in [4.69, 9.17) is 4.74 Å². The molecule has 0 amide bonds. The lowest BCUT2D eigenvalue weighted by Crippen LogP contribution is -2.43.